The molecule has 0 radical (unpaired) electrons. The van der Waals surface area contributed by atoms with Gasteiger partial charge in [-0.2, -0.15) is 18.2 Å². The molecule has 3 aromatic rings. The molecular formula is C30H33F3N6O3. The lowest BCUT2D eigenvalue weighted by Crippen LogP contribution is -2.39. The minimum Gasteiger partial charge on any atom is -0.494 e. The van der Waals surface area contributed by atoms with Crippen molar-refractivity contribution in [3.05, 3.63) is 59.3 Å². The Morgan fingerprint density at radius 2 is 1.79 bits per heavy atom. The van der Waals surface area contributed by atoms with Gasteiger partial charge in [-0.3, -0.25) is 4.79 Å². The van der Waals surface area contributed by atoms with E-state index >= 15 is 0 Å². The third-order valence-corrected chi connectivity index (χ3v) is 8.63. The first kappa shape index (κ1) is 28.1. The first-order valence-corrected chi connectivity index (χ1v) is 13.9. The monoisotopic (exact) mass is 582 g/mol. The van der Waals surface area contributed by atoms with Gasteiger partial charge in [0.25, 0.3) is 5.91 Å². The van der Waals surface area contributed by atoms with Gasteiger partial charge in [0.1, 0.15) is 17.1 Å². The predicted molar refractivity (Wildman–Crippen MR) is 152 cm³/mol. The number of likely N-dealkylation sites (tertiary alicyclic amines) is 1. The second-order valence-corrected chi connectivity index (χ2v) is 11.4. The van der Waals surface area contributed by atoms with E-state index in [9.17, 15) is 18.0 Å². The number of fused-ring (bicyclic) bond motifs is 1. The fraction of sp³-hybridized carbons (Fsp3) is 0.433. The molecule has 1 spiro atoms. The lowest BCUT2D eigenvalue weighted by Gasteiger charge is -2.37. The third-order valence-electron chi connectivity index (χ3n) is 8.63. The molecule has 1 amide bonds. The summed E-state index contributed by atoms with van der Waals surface area (Å²) in [6, 6.07) is 10.5. The van der Waals surface area contributed by atoms with Gasteiger partial charge in [-0.25, -0.2) is 4.98 Å². The van der Waals surface area contributed by atoms with Crippen molar-refractivity contribution in [1.29, 1.82) is 0 Å². The zero-order valence-electron chi connectivity index (χ0n) is 23.8. The normalized spacial score (nSPS) is 18.5. The highest BCUT2D eigenvalue weighted by molar-refractivity contribution is 6.00. The predicted octanol–water partition coefficient (Wildman–Crippen LogP) is 5.55. The minimum absolute atomic E-state index is 0.00642. The second kappa shape index (κ2) is 10.6. The van der Waals surface area contributed by atoms with Crippen molar-refractivity contribution in [2.45, 2.75) is 32.0 Å². The van der Waals surface area contributed by atoms with Crippen molar-refractivity contribution in [3.8, 4) is 17.4 Å². The van der Waals surface area contributed by atoms with Gasteiger partial charge in [-0.15, -0.1) is 0 Å². The summed E-state index contributed by atoms with van der Waals surface area (Å²) < 4.78 is 53.0. The van der Waals surface area contributed by atoms with Gasteiger partial charge in [0.15, 0.2) is 0 Å². The molecule has 3 aliphatic rings. The molecule has 2 aromatic carbocycles. The molecule has 1 N–H and O–H groups in total. The van der Waals surface area contributed by atoms with Crippen LogP contribution in [0.5, 0.6) is 17.4 Å². The molecule has 4 heterocycles. The van der Waals surface area contributed by atoms with Gasteiger partial charge in [0, 0.05) is 44.6 Å². The number of carbonyl (C=O) groups excluding carboxylic acids is 1. The quantitative estimate of drug-likeness (QED) is 0.405. The molecule has 0 aliphatic carbocycles. The number of amides is 1. The fourth-order valence-corrected chi connectivity index (χ4v) is 6.11. The number of carbonyl (C=O) groups is 1. The van der Waals surface area contributed by atoms with E-state index in [-0.39, 0.29) is 23.2 Å². The van der Waals surface area contributed by atoms with E-state index in [4.69, 9.17) is 9.47 Å². The largest absolute Gasteiger partial charge is 0.494 e. The highest BCUT2D eigenvalue weighted by Crippen LogP contribution is 2.44. The number of hydrogen-bond donors (Lipinski definition) is 1. The molecule has 222 valence electrons. The van der Waals surface area contributed by atoms with Crippen LogP contribution in [0.3, 0.4) is 0 Å². The van der Waals surface area contributed by atoms with E-state index in [1.54, 1.807) is 26.3 Å². The molecule has 2 saturated heterocycles. The van der Waals surface area contributed by atoms with Crippen LogP contribution in [0.15, 0.2) is 42.6 Å². The number of hydrogen-bond acceptors (Lipinski definition) is 8. The van der Waals surface area contributed by atoms with Gasteiger partial charge in [-0.1, -0.05) is 12.1 Å². The van der Waals surface area contributed by atoms with Crippen LogP contribution in [0.4, 0.5) is 30.5 Å². The average Bonchev–Trinajstić information content (AvgIpc) is 3.51. The molecule has 0 bridgehead atoms. The van der Waals surface area contributed by atoms with Gasteiger partial charge in [-0.05, 0) is 68.6 Å². The van der Waals surface area contributed by atoms with Crippen LogP contribution in [0.1, 0.15) is 40.7 Å². The molecular weight excluding hydrogens is 549 g/mol. The van der Waals surface area contributed by atoms with Crippen LogP contribution in [0.25, 0.3) is 0 Å². The topological polar surface area (TPSA) is 83.1 Å². The van der Waals surface area contributed by atoms with Crippen LogP contribution in [0, 0.1) is 5.41 Å². The van der Waals surface area contributed by atoms with Crippen molar-refractivity contribution in [3.63, 3.8) is 0 Å². The summed E-state index contributed by atoms with van der Waals surface area (Å²) in [7, 11) is 5.33. The smallest absolute Gasteiger partial charge is 0.423 e. The number of piperidine rings is 1. The van der Waals surface area contributed by atoms with Crippen LogP contribution in [-0.2, 0) is 12.7 Å². The van der Waals surface area contributed by atoms with Crippen molar-refractivity contribution >= 4 is 23.2 Å². The molecule has 0 saturated carbocycles. The summed E-state index contributed by atoms with van der Waals surface area (Å²) in [5.74, 6) is -0.617. The van der Waals surface area contributed by atoms with E-state index in [1.165, 1.54) is 23.8 Å². The zero-order valence-corrected chi connectivity index (χ0v) is 23.8. The van der Waals surface area contributed by atoms with Crippen LogP contribution >= 0.6 is 0 Å². The first-order valence-electron chi connectivity index (χ1n) is 13.9. The molecule has 1 aromatic heterocycles. The maximum Gasteiger partial charge on any atom is 0.423 e. The third kappa shape index (κ3) is 5.31. The number of nitrogens with one attached hydrogen (secondary N) is 1. The van der Waals surface area contributed by atoms with E-state index < -0.39 is 17.6 Å². The number of halogens is 3. The minimum atomic E-state index is -4.77. The molecule has 0 atom stereocenters. The van der Waals surface area contributed by atoms with Crippen molar-refractivity contribution in [2.24, 2.45) is 5.41 Å². The summed E-state index contributed by atoms with van der Waals surface area (Å²) in [6.07, 6.45) is -0.579. The highest BCUT2D eigenvalue weighted by atomic mass is 19.4. The zero-order chi connectivity index (χ0) is 29.6. The fourth-order valence-electron chi connectivity index (χ4n) is 6.11. The summed E-state index contributed by atoms with van der Waals surface area (Å²) in [4.78, 5) is 26.9. The van der Waals surface area contributed by atoms with E-state index in [1.807, 2.05) is 18.2 Å². The molecule has 42 heavy (non-hydrogen) atoms. The number of benzene rings is 2. The van der Waals surface area contributed by atoms with E-state index in [0.717, 1.165) is 38.3 Å². The Hall–Kier alpha value is -4.06. The number of methoxy groups -OCH3 is 1. The van der Waals surface area contributed by atoms with Gasteiger partial charge in [0.05, 0.1) is 18.4 Å². The Labute approximate surface area is 242 Å². The summed E-state index contributed by atoms with van der Waals surface area (Å²) in [5.41, 5.74) is 1.60. The maximum absolute atomic E-state index is 13.9. The van der Waals surface area contributed by atoms with Crippen LogP contribution in [0.2, 0.25) is 0 Å². The Balaban J connectivity index is 1.25. The van der Waals surface area contributed by atoms with Gasteiger partial charge >= 0.3 is 6.18 Å². The number of ether oxygens (including phenoxy) is 2. The van der Waals surface area contributed by atoms with Crippen molar-refractivity contribution in [2.75, 3.05) is 57.6 Å². The van der Waals surface area contributed by atoms with E-state index in [0.29, 0.717) is 35.2 Å². The Morgan fingerprint density at radius 3 is 2.52 bits per heavy atom. The lowest BCUT2D eigenvalue weighted by atomic mass is 9.78. The second-order valence-electron chi connectivity index (χ2n) is 11.4. The van der Waals surface area contributed by atoms with Crippen LogP contribution < -0.4 is 19.7 Å². The summed E-state index contributed by atoms with van der Waals surface area (Å²) >= 11 is 0. The van der Waals surface area contributed by atoms with Gasteiger partial charge in [0.2, 0.25) is 11.8 Å². The molecule has 3 aliphatic heterocycles. The molecule has 6 rings (SSSR count). The van der Waals surface area contributed by atoms with E-state index in [2.05, 4.69) is 32.1 Å². The average molecular weight is 583 g/mol. The number of nitrogens with zero attached hydrogens (tertiary/aromatic N) is 5. The number of aromatic nitrogens is 2. The van der Waals surface area contributed by atoms with Crippen molar-refractivity contribution < 1.29 is 27.4 Å². The Kier molecular flexibility index (Phi) is 7.12. The molecule has 9 nitrogen and oxygen atoms in total. The lowest BCUT2D eigenvalue weighted by molar-refractivity contribution is -0.139. The maximum atomic E-state index is 13.9. The summed E-state index contributed by atoms with van der Waals surface area (Å²) in [6.45, 7) is 4.52. The highest BCUT2D eigenvalue weighted by Gasteiger charge is 2.40. The SMILES string of the molecule is COc1cc(N2CCC3(CCN(C)CC3)C2)ccc1Nc1ncc(C(F)(F)F)c(Oc2cccc3c2C(=O)N(C)C3)n1. The van der Waals surface area contributed by atoms with Crippen molar-refractivity contribution in [1.82, 2.24) is 19.8 Å². The van der Waals surface area contributed by atoms with Gasteiger partial charge < -0.3 is 29.5 Å². The molecule has 2 fully saturated rings. The number of anilines is 3. The standard InChI is InChI=1S/C30H33F3N6O3/c1-37-12-9-29(10-13-37)11-14-39(18-29)20-7-8-22(24(15-20)41-3)35-28-34-16-21(30(31,32)33)26(36-28)42-23-6-4-5-19-17-38(2)27(40)25(19)23/h4-8,15-16H,9-14,17-18H2,1-3H3,(H,34,35,36). The molecule has 12 heteroatoms. The number of rotatable bonds is 6. The Bertz CT molecular complexity index is 1510. The number of alkyl halides is 3. The first-order chi connectivity index (χ1) is 20.0. The molecule has 0 unspecified atom stereocenters. The van der Waals surface area contributed by atoms with Crippen LogP contribution in [-0.4, -0.2) is 73.1 Å². The Morgan fingerprint density at radius 1 is 1.02 bits per heavy atom. The summed E-state index contributed by atoms with van der Waals surface area (Å²) in [5, 5.41) is 2.98.